The number of aryl methyl sites for hydroxylation is 3. The van der Waals surface area contributed by atoms with Crippen molar-refractivity contribution in [2.75, 3.05) is 6.54 Å². The Hall–Kier alpha value is -3.73. The molecule has 0 aliphatic carbocycles. The molecule has 1 aromatic heterocycles. The first kappa shape index (κ1) is 25.4. The number of benzene rings is 3. The van der Waals surface area contributed by atoms with Gasteiger partial charge < -0.3 is 4.90 Å². The molecule has 4 aromatic rings. The largest absolute Gasteiger partial charge is 0.328 e. The van der Waals surface area contributed by atoms with Gasteiger partial charge in [0.2, 0.25) is 0 Å². The fraction of sp³-hybridized carbons (Fsp3) is 0.323. The molecule has 186 valence electrons. The molecule has 4 rings (SSSR count). The molecular weight excluding hydrogens is 446 g/mol. The van der Waals surface area contributed by atoms with Crippen molar-refractivity contribution >= 4 is 16.8 Å². The molecule has 0 aliphatic heterocycles. The van der Waals surface area contributed by atoms with Crippen molar-refractivity contribution < 1.29 is 4.79 Å². The lowest BCUT2D eigenvalue weighted by Crippen LogP contribution is -2.39. The van der Waals surface area contributed by atoms with Gasteiger partial charge in [-0.1, -0.05) is 51.1 Å². The second kappa shape index (κ2) is 10.5. The maximum absolute atomic E-state index is 13.8. The van der Waals surface area contributed by atoms with Gasteiger partial charge in [0.15, 0.2) is 0 Å². The third-order valence-electron chi connectivity index (χ3n) is 6.82. The van der Waals surface area contributed by atoms with Crippen LogP contribution in [0, 0.1) is 19.8 Å². The smallest absolute Gasteiger partial charge is 0.266 e. The summed E-state index contributed by atoms with van der Waals surface area (Å²) in [6.45, 7) is 12.9. The van der Waals surface area contributed by atoms with Gasteiger partial charge in [-0.2, -0.15) is 0 Å². The van der Waals surface area contributed by atoms with Crippen LogP contribution in [0.5, 0.6) is 0 Å². The van der Waals surface area contributed by atoms with Gasteiger partial charge in [-0.25, -0.2) is 4.98 Å². The van der Waals surface area contributed by atoms with Crippen molar-refractivity contribution in [1.29, 1.82) is 0 Å². The summed E-state index contributed by atoms with van der Waals surface area (Å²) in [6.07, 6.45) is 0.920. The first-order valence-corrected chi connectivity index (χ1v) is 12.7. The molecule has 0 saturated carbocycles. The van der Waals surface area contributed by atoms with E-state index < -0.39 is 6.04 Å². The molecule has 0 aliphatic rings. The van der Waals surface area contributed by atoms with E-state index in [0.29, 0.717) is 28.8 Å². The molecule has 36 heavy (non-hydrogen) atoms. The Morgan fingerprint density at radius 1 is 0.944 bits per heavy atom. The van der Waals surface area contributed by atoms with E-state index in [1.165, 1.54) is 5.56 Å². The number of fused-ring (bicyclic) bond motifs is 1. The van der Waals surface area contributed by atoms with Crippen LogP contribution in [0.3, 0.4) is 0 Å². The number of amides is 1. The van der Waals surface area contributed by atoms with E-state index in [2.05, 4.69) is 27.7 Å². The minimum atomic E-state index is -0.426. The van der Waals surface area contributed by atoms with Crippen LogP contribution < -0.4 is 5.56 Å². The van der Waals surface area contributed by atoms with Crippen molar-refractivity contribution in [2.24, 2.45) is 5.92 Å². The Balaban J connectivity index is 1.90. The second-order valence-electron chi connectivity index (χ2n) is 9.97. The molecular formula is C31H35N3O2. The Kier molecular flexibility index (Phi) is 7.39. The lowest BCUT2D eigenvalue weighted by molar-refractivity contribution is 0.0655. The number of carbonyl (C=O) groups is 1. The number of rotatable bonds is 7. The zero-order valence-corrected chi connectivity index (χ0v) is 22.1. The molecule has 0 N–H and O–H groups in total. The van der Waals surface area contributed by atoms with Crippen LogP contribution in [0.2, 0.25) is 0 Å². The van der Waals surface area contributed by atoms with Crippen LogP contribution in [0.4, 0.5) is 0 Å². The normalized spacial score (nSPS) is 12.2. The van der Waals surface area contributed by atoms with Crippen LogP contribution in [0.1, 0.15) is 66.6 Å². The van der Waals surface area contributed by atoms with Gasteiger partial charge in [0.25, 0.3) is 11.5 Å². The molecule has 1 atom stereocenters. The molecule has 5 heteroatoms. The molecule has 0 bridgehead atoms. The maximum atomic E-state index is 13.8. The highest BCUT2D eigenvalue weighted by molar-refractivity contribution is 5.94. The highest BCUT2D eigenvalue weighted by Gasteiger charge is 2.28. The first-order chi connectivity index (χ1) is 17.2. The van der Waals surface area contributed by atoms with Crippen molar-refractivity contribution in [3.8, 4) is 5.69 Å². The second-order valence-corrected chi connectivity index (χ2v) is 9.97. The van der Waals surface area contributed by atoms with Crippen LogP contribution in [-0.2, 0) is 6.42 Å². The lowest BCUT2D eigenvalue weighted by atomic mass is 10.1. The predicted molar refractivity (Wildman–Crippen MR) is 147 cm³/mol. The molecule has 0 radical (unpaired) electrons. The zero-order chi connectivity index (χ0) is 26.0. The molecule has 3 aromatic carbocycles. The van der Waals surface area contributed by atoms with Crippen LogP contribution in [-0.4, -0.2) is 26.9 Å². The fourth-order valence-corrected chi connectivity index (χ4v) is 4.54. The number of aromatic nitrogens is 2. The molecule has 1 amide bonds. The average molecular weight is 482 g/mol. The van der Waals surface area contributed by atoms with E-state index in [1.807, 2.05) is 85.5 Å². The number of carbonyl (C=O) groups excluding carboxylic acids is 1. The number of para-hydroxylation sites is 1. The summed E-state index contributed by atoms with van der Waals surface area (Å²) in [7, 11) is 0. The number of nitrogens with zero attached hydrogens (tertiary/aromatic N) is 3. The van der Waals surface area contributed by atoms with E-state index in [-0.39, 0.29) is 17.4 Å². The zero-order valence-electron chi connectivity index (χ0n) is 22.1. The lowest BCUT2D eigenvalue weighted by Gasteiger charge is -2.32. The first-order valence-electron chi connectivity index (χ1n) is 12.7. The summed E-state index contributed by atoms with van der Waals surface area (Å²) in [6, 6.07) is 20.8. The van der Waals surface area contributed by atoms with Crippen molar-refractivity contribution in [2.45, 2.75) is 54.0 Å². The standard InChI is InChI=1S/C31H35N3O2/c1-7-24-13-15-25(16-14-24)30(35)33(19-20(2)3)23(6)29-32-28-11-9-8-10-27(28)31(36)34(29)26-17-12-21(4)22(5)18-26/h8-18,20,23H,7,19H2,1-6H3. The summed E-state index contributed by atoms with van der Waals surface area (Å²) in [5.74, 6) is 0.739. The van der Waals surface area contributed by atoms with E-state index in [0.717, 1.165) is 23.2 Å². The van der Waals surface area contributed by atoms with Crippen LogP contribution in [0.15, 0.2) is 71.5 Å². The maximum Gasteiger partial charge on any atom is 0.266 e. The Morgan fingerprint density at radius 3 is 2.28 bits per heavy atom. The SMILES string of the molecule is CCc1ccc(C(=O)N(CC(C)C)C(C)c2nc3ccccc3c(=O)n2-c2ccc(C)c(C)c2)cc1. The third-order valence-corrected chi connectivity index (χ3v) is 6.82. The quantitative estimate of drug-likeness (QED) is 0.306. The summed E-state index contributed by atoms with van der Waals surface area (Å²) in [5, 5.41) is 0.559. The Morgan fingerprint density at radius 2 is 1.64 bits per heavy atom. The predicted octanol–water partition coefficient (Wildman–Crippen LogP) is 6.42. The third kappa shape index (κ3) is 4.97. The summed E-state index contributed by atoms with van der Waals surface area (Å²) in [4.78, 5) is 34.4. The summed E-state index contributed by atoms with van der Waals surface area (Å²) >= 11 is 0. The van der Waals surface area contributed by atoms with Gasteiger partial charge in [0.05, 0.1) is 22.6 Å². The van der Waals surface area contributed by atoms with Crippen LogP contribution >= 0.6 is 0 Å². The monoisotopic (exact) mass is 481 g/mol. The van der Waals surface area contributed by atoms with Gasteiger partial charge in [0, 0.05) is 12.1 Å². The van der Waals surface area contributed by atoms with Crippen LogP contribution in [0.25, 0.3) is 16.6 Å². The highest BCUT2D eigenvalue weighted by Crippen LogP contribution is 2.26. The molecule has 0 spiro atoms. The fourth-order valence-electron chi connectivity index (χ4n) is 4.54. The molecule has 5 nitrogen and oxygen atoms in total. The average Bonchev–Trinajstić information content (AvgIpc) is 2.88. The molecule has 1 heterocycles. The minimum Gasteiger partial charge on any atom is -0.328 e. The van der Waals surface area contributed by atoms with Gasteiger partial charge in [-0.3, -0.25) is 14.2 Å². The number of hydrogen-bond donors (Lipinski definition) is 0. The van der Waals surface area contributed by atoms with E-state index >= 15 is 0 Å². The van der Waals surface area contributed by atoms with Gasteiger partial charge >= 0.3 is 0 Å². The Bertz CT molecular complexity index is 1450. The van der Waals surface area contributed by atoms with E-state index in [1.54, 1.807) is 4.57 Å². The molecule has 0 fully saturated rings. The van der Waals surface area contributed by atoms with Gasteiger partial charge in [-0.15, -0.1) is 0 Å². The molecule has 0 saturated heterocycles. The minimum absolute atomic E-state index is 0.0621. The Labute approximate surface area is 213 Å². The summed E-state index contributed by atoms with van der Waals surface area (Å²) < 4.78 is 1.68. The van der Waals surface area contributed by atoms with Gasteiger partial charge in [0.1, 0.15) is 5.82 Å². The topological polar surface area (TPSA) is 55.2 Å². The van der Waals surface area contributed by atoms with Crippen molar-refractivity contribution in [3.05, 3.63) is 105 Å². The van der Waals surface area contributed by atoms with E-state index in [9.17, 15) is 9.59 Å². The molecule has 1 unspecified atom stereocenters. The van der Waals surface area contributed by atoms with E-state index in [4.69, 9.17) is 4.98 Å². The number of hydrogen-bond acceptors (Lipinski definition) is 3. The van der Waals surface area contributed by atoms with Gasteiger partial charge in [-0.05, 0) is 86.2 Å². The van der Waals surface area contributed by atoms with Crippen molar-refractivity contribution in [1.82, 2.24) is 14.5 Å². The van der Waals surface area contributed by atoms with Crippen molar-refractivity contribution in [3.63, 3.8) is 0 Å². The highest BCUT2D eigenvalue weighted by atomic mass is 16.2. The summed E-state index contributed by atoms with van der Waals surface area (Å²) in [5.41, 5.74) is 5.34.